The van der Waals surface area contributed by atoms with Crippen molar-refractivity contribution < 1.29 is 19.0 Å². The average Bonchev–Trinajstić information content (AvgIpc) is 3.56. The highest BCUT2D eigenvalue weighted by Gasteiger charge is 2.38. The number of piperazine rings is 1. The van der Waals surface area contributed by atoms with Gasteiger partial charge in [0, 0.05) is 53.1 Å². The van der Waals surface area contributed by atoms with E-state index in [-0.39, 0.29) is 23.0 Å². The summed E-state index contributed by atoms with van der Waals surface area (Å²) in [4.78, 5) is 31.0. The Morgan fingerprint density at radius 3 is 2.32 bits per heavy atom. The van der Waals surface area contributed by atoms with Gasteiger partial charge in [-0.05, 0) is 42.7 Å². The van der Waals surface area contributed by atoms with Crippen molar-refractivity contribution >= 4 is 17.3 Å². The monoisotopic (exact) mass is 497 g/mol. The molecule has 0 radical (unpaired) electrons. The third-order valence-corrected chi connectivity index (χ3v) is 7.19. The van der Waals surface area contributed by atoms with Gasteiger partial charge < -0.3 is 14.5 Å². The number of aromatic nitrogens is 3. The summed E-state index contributed by atoms with van der Waals surface area (Å²) in [6.45, 7) is 5.04. The first-order valence-corrected chi connectivity index (χ1v) is 12.6. The van der Waals surface area contributed by atoms with E-state index in [0.717, 1.165) is 50.5 Å². The molecule has 2 aromatic carbocycles. The molecule has 0 N–H and O–H groups in total. The highest BCUT2D eigenvalue weighted by molar-refractivity contribution is 6.26. The lowest BCUT2D eigenvalue weighted by molar-refractivity contribution is -0.749. The van der Waals surface area contributed by atoms with Gasteiger partial charge in [0.25, 0.3) is 0 Å². The molecule has 0 saturated carbocycles. The number of fused-ring (bicyclic) bond motifs is 2. The predicted octanol–water partition coefficient (Wildman–Crippen LogP) is 2.84. The summed E-state index contributed by atoms with van der Waals surface area (Å²) < 4.78 is 6.74. The van der Waals surface area contributed by atoms with Crippen molar-refractivity contribution in [2.75, 3.05) is 31.1 Å². The molecule has 4 aromatic rings. The normalized spacial score (nSPS) is 15.6. The fourth-order valence-electron chi connectivity index (χ4n) is 5.20. The number of ketones is 2. The van der Waals surface area contributed by atoms with E-state index < -0.39 is 0 Å². The van der Waals surface area contributed by atoms with Gasteiger partial charge in [-0.3, -0.25) is 14.5 Å². The summed E-state index contributed by atoms with van der Waals surface area (Å²) in [6, 6.07) is 19.1. The van der Waals surface area contributed by atoms with Gasteiger partial charge in [0.2, 0.25) is 17.3 Å². The number of hydrogen-bond acceptors (Lipinski definition) is 7. The SMILES string of the molecule is O=C1c2ccccc2C(=O)c2c1n[n+]([O-])n2CCCc1ccc(N2CCN(Cc3ccco3)CC2)cc1. The molecule has 2 aliphatic rings. The Morgan fingerprint density at radius 1 is 0.892 bits per heavy atom. The number of furan rings is 1. The van der Waals surface area contributed by atoms with Crippen LogP contribution in [-0.4, -0.2) is 52.4 Å². The van der Waals surface area contributed by atoms with Crippen LogP contribution in [0.25, 0.3) is 0 Å². The predicted molar refractivity (Wildman–Crippen MR) is 135 cm³/mol. The van der Waals surface area contributed by atoms with E-state index >= 15 is 0 Å². The lowest BCUT2D eigenvalue weighted by atomic mass is 9.90. The second kappa shape index (κ2) is 9.67. The van der Waals surface area contributed by atoms with E-state index in [1.807, 2.05) is 12.1 Å². The summed E-state index contributed by atoms with van der Waals surface area (Å²) in [5, 5.41) is 16.3. The van der Waals surface area contributed by atoms with E-state index in [1.165, 1.54) is 10.4 Å². The first kappa shape index (κ1) is 23.2. The van der Waals surface area contributed by atoms with E-state index in [4.69, 9.17) is 4.42 Å². The van der Waals surface area contributed by atoms with Crippen LogP contribution in [-0.2, 0) is 19.5 Å². The number of rotatable bonds is 7. The zero-order valence-electron chi connectivity index (χ0n) is 20.4. The zero-order chi connectivity index (χ0) is 25.4. The van der Waals surface area contributed by atoms with Crippen molar-refractivity contribution in [1.29, 1.82) is 0 Å². The second-order valence-electron chi connectivity index (χ2n) is 9.49. The Bertz CT molecular complexity index is 1430. The quantitative estimate of drug-likeness (QED) is 0.252. The minimum absolute atomic E-state index is 0.0627. The highest BCUT2D eigenvalue weighted by Crippen LogP contribution is 2.25. The molecule has 1 saturated heterocycles. The van der Waals surface area contributed by atoms with Crippen molar-refractivity contribution in [1.82, 2.24) is 14.7 Å². The van der Waals surface area contributed by atoms with Crippen molar-refractivity contribution in [2.24, 2.45) is 0 Å². The minimum Gasteiger partial charge on any atom is -0.571 e. The van der Waals surface area contributed by atoms with Crippen LogP contribution in [0.2, 0.25) is 0 Å². The molecule has 0 spiro atoms. The molecule has 0 unspecified atom stereocenters. The number of benzene rings is 2. The summed E-state index contributed by atoms with van der Waals surface area (Å²) in [6.07, 6.45) is 3.09. The van der Waals surface area contributed by atoms with Crippen molar-refractivity contribution in [3.8, 4) is 0 Å². The number of aryl methyl sites for hydroxylation is 1. The smallest absolute Gasteiger partial charge is 0.220 e. The Hall–Kier alpha value is -4.24. The van der Waals surface area contributed by atoms with Gasteiger partial charge in [-0.15, -0.1) is 4.68 Å². The lowest BCUT2D eigenvalue weighted by Crippen LogP contribution is -2.45. The molecular formula is C28H27N5O4. The molecule has 1 fully saturated rings. The minimum atomic E-state index is -0.383. The fraction of sp³-hybridized carbons (Fsp3) is 0.286. The van der Waals surface area contributed by atoms with Gasteiger partial charge in [0.15, 0.2) is 5.69 Å². The van der Waals surface area contributed by atoms with Crippen LogP contribution in [0, 0.1) is 5.21 Å². The maximum absolute atomic E-state index is 13.0. The number of nitrogens with zero attached hydrogens (tertiary/aromatic N) is 5. The number of carbonyl (C=O) groups excluding carboxylic acids is 2. The Kier molecular flexibility index (Phi) is 6.05. The van der Waals surface area contributed by atoms with Gasteiger partial charge in [0.1, 0.15) is 5.76 Å². The molecule has 2 aromatic heterocycles. The fourth-order valence-corrected chi connectivity index (χ4v) is 5.20. The van der Waals surface area contributed by atoms with Crippen LogP contribution in [0.15, 0.2) is 71.3 Å². The van der Waals surface area contributed by atoms with Gasteiger partial charge >= 0.3 is 0 Å². The molecule has 3 heterocycles. The van der Waals surface area contributed by atoms with Gasteiger partial charge in [-0.25, -0.2) is 0 Å². The topological polar surface area (TPSA) is 98.5 Å². The van der Waals surface area contributed by atoms with E-state index in [0.29, 0.717) is 29.1 Å². The number of anilines is 1. The Morgan fingerprint density at radius 2 is 1.62 bits per heavy atom. The van der Waals surface area contributed by atoms with Crippen LogP contribution >= 0.6 is 0 Å². The summed E-state index contributed by atoms with van der Waals surface area (Å²) >= 11 is 0. The summed E-state index contributed by atoms with van der Waals surface area (Å²) in [5.74, 6) is 0.282. The standard InChI is InChI=1S/C28H27N5O4/c34-27-23-7-1-2-8-24(23)28(35)26-25(27)29-33(36)32(26)13-3-5-20-9-11-21(12-10-20)31-16-14-30(15-17-31)19-22-6-4-18-37-22/h1-2,4,6-12,18H,3,5,13-17,19H2. The molecule has 0 amide bonds. The summed E-state index contributed by atoms with van der Waals surface area (Å²) in [7, 11) is 0. The summed E-state index contributed by atoms with van der Waals surface area (Å²) in [5.41, 5.74) is 2.99. The van der Waals surface area contributed by atoms with Gasteiger partial charge in [0.05, 0.1) is 19.4 Å². The molecule has 1 aliphatic carbocycles. The third-order valence-electron chi connectivity index (χ3n) is 7.19. The molecule has 1 aliphatic heterocycles. The maximum Gasteiger partial charge on any atom is 0.220 e. The molecule has 6 rings (SSSR count). The number of carbonyl (C=O) groups is 2. The van der Waals surface area contributed by atoms with E-state index in [9.17, 15) is 14.8 Å². The first-order valence-electron chi connectivity index (χ1n) is 12.6. The van der Waals surface area contributed by atoms with Crippen LogP contribution in [0.5, 0.6) is 0 Å². The third kappa shape index (κ3) is 4.42. The molecule has 37 heavy (non-hydrogen) atoms. The molecule has 0 bridgehead atoms. The zero-order valence-corrected chi connectivity index (χ0v) is 20.4. The van der Waals surface area contributed by atoms with Crippen LogP contribution in [0.4, 0.5) is 5.69 Å². The number of hydrogen-bond donors (Lipinski definition) is 0. The molecular weight excluding hydrogens is 470 g/mol. The van der Waals surface area contributed by atoms with Crippen molar-refractivity contribution in [3.05, 3.63) is 106 Å². The first-order chi connectivity index (χ1) is 18.1. The molecule has 9 heteroatoms. The molecule has 188 valence electrons. The Labute approximate surface area is 214 Å². The second-order valence-corrected chi connectivity index (χ2v) is 9.49. The van der Waals surface area contributed by atoms with Crippen molar-refractivity contribution in [2.45, 2.75) is 25.9 Å². The van der Waals surface area contributed by atoms with Crippen molar-refractivity contribution in [3.63, 3.8) is 0 Å². The lowest BCUT2D eigenvalue weighted by Gasteiger charge is -2.35. The Balaban J connectivity index is 1.06. The highest BCUT2D eigenvalue weighted by atomic mass is 16.5. The average molecular weight is 498 g/mol. The maximum atomic E-state index is 13.0. The van der Waals surface area contributed by atoms with Crippen LogP contribution < -0.4 is 9.86 Å². The van der Waals surface area contributed by atoms with Crippen LogP contribution in [0.1, 0.15) is 49.8 Å². The largest absolute Gasteiger partial charge is 0.571 e. The van der Waals surface area contributed by atoms with Gasteiger partial charge in [-0.2, -0.15) is 0 Å². The molecule has 9 nitrogen and oxygen atoms in total. The molecule has 0 atom stereocenters. The van der Waals surface area contributed by atoms with Crippen LogP contribution in [0.3, 0.4) is 0 Å². The van der Waals surface area contributed by atoms with Gasteiger partial charge in [-0.1, -0.05) is 36.4 Å². The van der Waals surface area contributed by atoms with E-state index in [2.05, 4.69) is 39.2 Å². The van der Waals surface area contributed by atoms with E-state index in [1.54, 1.807) is 30.5 Å².